The van der Waals surface area contributed by atoms with Crippen LogP contribution < -0.4 is 9.62 Å². The quantitative estimate of drug-likeness (QED) is 0.891. The Hall–Kier alpha value is -1.60. The van der Waals surface area contributed by atoms with Gasteiger partial charge in [0.15, 0.2) is 0 Å². The van der Waals surface area contributed by atoms with Crippen molar-refractivity contribution in [3.8, 4) is 0 Å². The van der Waals surface area contributed by atoms with Gasteiger partial charge in [0.1, 0.15) is 0 Å². The summed E-state index contributed by atoms with van der Waals surface area (Å²) >= 11 is 0. The van der Waals surface area contributed by atoms with Crippen LogP contribution in [0.15, 0.2) is 24.3 Å². The number of rotatable bonds is 5. The number of benzene rings is 1. The minimum atomic E-state index is -3.30. The number of sulfonamides is 1. The van der Waals surface area contributed by atoms with Gasteiger partial charge in [0, 0.05) is 36.5 Å². The number of carbonyl (C=O) groups excluding carboxylic acids is 1. The Morgan fingerprint density at radius 1 is 1.13 bits per heavy atom. The molecule has 1 aliphatic heterocycles. The lowest BCUT2D eigenvalue weighted by Crippen LogP contribution is -2.44. The Kier molecular flexibility index (Phi) is 4.59. The van der Waals surface area contributed by atoms with Crippen molar-refractivity contribution < 1.29 is 17.9 Å². The van der Waals surface area contributed by atoms with Crippen molar-refractivity contribution in [2.24, 2.45) is 5.92 Å². The van der Waals surface area contributed by atoms with Crippen LogP contribution in [0, 0.1) is 5.92 Å². The Bertz CT molecular complexity index is 662. The van der Waals surface area contributed by atoms with Gasteiger partial charge in [-0.1, -0.05) is 0 Å². The van der Waals surface area contributed by atoms with E-state index in [0.717, 1.165) is 37.6 Å². The third kappa shape index (κ3) is 4.23. The molecule has 1 aromatic rings. The van der Waals surface area contributed by atoms with Crippen molar-refractivity contribution in [3.05, 3.63) is 24.3 Å². The summed E-state index contributed by atoms with van der Waals surface area (Å²) in [6.07, 6.45) is 4.72. The highest BCUT2D eigenvalue weighted by Crippen LogP contribution is 2.35. The molecule has 0 atom stereocenters. The average Bonchev–Trinajstić information content (AvgIpc) is 3.33. The van der Waals surface area contributed by atoms with E-state index in [0.29, 0.717) is 18.9 Å². The standard InChI is InChI=1S/C16H22N2O4S/c1-23(20,21)17-13-4-6-14(7-5-13)18(16(19)12-2-3-12)15-8-10-22-11-9-15/h4-7,12,15,17H,2-3,8-11H2,1H3. The predicted octanol–water partition coefficient (Wildman–Crippen LogP) is 1.98. The molecule has 6 nitrogen and oxygen atoms in total. The van der Waals surface area contributed by atoms with Crippen molar-refractivity contribution in [2.75, 3.05) is 29.1 Å². The molecule has 3 rings (SSSR count). The maximum absolute atomic E-state index is 12.7. The van der Waals surface area contributed by atoms with E-state index in [2.05, 4.69) is 4.72 Å². The van der Waals surface area contributed by atoms with Gasteiger partial charge in [0.2, 0.25) is 15.9 Å². The molecule has 1 saturated carbocycles. The van der Waals surface area contributed by atoms with Gasteiger partial charge in [-0.25, -0.2) is 8.42 Å². The molecule has 0 radical (unpaired) electrons. The minimum absolute atomic E-state index is 0.145. The summed E-state index contributed by atoms with van der Waals surface area (Å²) in [6, 6.07) is 7.17. The maximum Gasteiger partial charge on any atom is 0.230 e. The number of amides is 1. The first-order valence-electron chi connectivity index (χ1n) is 7.93. The SMILES string of the molecule is CS(=O)(=O)Nc1ccc(N(C(=O)C2CC2)C2CCOCC2)cc1. The molecule has 1 amide bonds. The number of nitrogens with one attached hydrogen (secondary N) is 1. The van der Waals surface area contributed by atoms with Crippen molar-refractivity contribution in [2.45, 2.75) is 31.7 Å². The van der Waals surface area contributed by atoms with Gasteiger partial charge in [-0.15, -0.1) is 0 Å². The molecule has 1 aliphatic carbocycles. The molecule has 126 valence electrons. The molecule has 1 heterocycles. The number of hydrogen-bond acceptors (Lipinski definition) is 4. The van der Waals surface area contributed by atoms with E-state index in [1.165, 1.54) is 0 Å². The lowest BCUT2D eigenvalue weighted by Gasteiger charge is -2.34. The van der Waals surface area contributed by atoms with Gasteiger partial charge in [-0.2, -0.15) is 0 Å². The van der Waals surface area contributed by atoms with Crippen molar-refractivity contribution in [3.63, 3.8) is 0 Å². The lowest BCUT2D eigenvalue weighted by atomic mass is 10.0. The second-order valence-corrected chi connectivity index (χ2v) is 8.00. The molecular formula is C16H22N2O4S. The Morgan fingerprint density at radius 2 is 1.74 bits per heavy atom. The van der Waals surface area contributed by atoms with Gasteiger partial charge in [0.05, 0.1) is 6.26 Å². The molecule has 0 unspecified atom stereocenters. The normalized spacial score (nSPS) is 19.3. The highest BCUT2D eigenvalue weighted by atomic mass is 32.2. The van der Waals surface area contributed by atoms with Crippen LogP contribution in [0.25, 0.3) is 0 Å². The average molecular weight is 338 g/mol. The molecule has 2 aliphatic rings. The lowest BCUT2D eigenvalue weighted by molar-refractivity contribution is -0.120. The van der Waals surface area contributed by atoms with Crippen LogP contribution in [0.4, 0.5) is 11.4 Å². The number of carbonyl (C=O) groups is 1. The summed E-state index contributed by atoms with van der Waals surface area (Å²) in [6.45, 7) is 1.35. The minimum Gasteiger partial charge on any atom is -0.381 e. The Balaban J connectivity index is 1.82. The summed E-state index contributed by atoms with van der Waals surface area (Å²) in [4.78, 5) is 14.6. The van der Waals surface area contributed by atoms with E-state index in [9.17, 15) is 13.2 Å². The third-order valence-corrected chi connectivity index (χ3v) is 4.78. The highest BCUT2D eigenvalue weighted by molar-refractivity contribution is 7.92. The van der Waals surface area contributed by atoms with Gasteiger partial charge in [-0.05, 0) is 49.9 Å². The number of ether oxygens (including phenoxy) is 1. The molecule has 1 N–H and O–H groups in total. The molecular weight excluding hydrogens is 316 g/mol. The van der Waals surface area contributed by atoms with Crippen molar-refractivity contribution in [1.82, 2.24) is 0 Å². The fourth-order valence-electron chi connectivity index (χ4n) is 2.89. The summed E-state index contributed by atoms with van der Waals surface area (Å²) in [7, 11) is -3.30. The molecule has 0 bridgehead atoms. The fourth-order valence-corrected chi connectivity index (χ4v) is 3.46. The van der Waals surface area contributed by atoms with Crippen LogP contribution >= 0.6 is 0 Å². The van der Waals surface area contributed by atoms with Crippen LogP contribution in [0.3, 0.4) is 0 Å². The first-order chi connectivity index (χ1) is 10.9. The van der Waals surface area contributed by atoms with Gasteiger partial charge in [-0.3, -0.25) is 9.52 Å². The zero-order chi connectivity index (χ0) is 16.4. The third-order valence-electron chi connectivity index (χ3n) is 4.17. The van der Waals surface area contributed by atoms with E-state index < -0.39 is 10.0 Å². The monoisotopic (exact) mass is 338 g/mol. The number of hydrogen-bond donors (Lipinski definition) is 1. The van der Waals surface area contributed by atoms with E-state index in [-0.39, 0.29) is 17.9 Å². The number of nitrogens with zero attached hydrogens (tertiary/aromatic N) is 1. The van der Waals surface area contributed by atoms with Crippen LogP contribution in [0.5, 0.6) is 0 Å². The topological polar surface area (TPSA) is 75.7 Å². The highest BCUT2D eigenvalue weighted by Gasteiger charge is 2.37. The Morgan fingerprint density at radius 3 is 2.26 bits per heavy atom. The molecule has 2 fully saturated rings. The zero-order valence-electron chi connectivity index (χ0n) is 13.2. The largest absolute Gasteiger partial charge is 0.381 e. The molecule has 0 aromatic heterocycles. The molecule has 7 heteroatoms. The second kappa shape index (κ2) is 6.49. The second-order valence-electron chi connectivity index (χ2n) is 6.25. The molecule has 0 spiro atoms. The zero-order valence-corrected chi connectivity index (χ0v) is 14.0. The van der Waals surface area contributed by atoms with Crippen molar-refractivity contribution >= 4 is 27.3 Å². The van der Waals surface area contributed by atoms with Gasteiger partial charge >= 0.3 is 0 Å². The first kappa shape index (κ1) is 16.3. The fraction of sp³-hybridized carbons (Fsp3) is 0.562. The first-order valence-corrected chi connectivity index (χ1v) is 9.82. The Labute approximate surface area is 136 Å². The van der Waals surface area contributed by atoms with Crippen LogP contribution in [0.2, 0.25) is 0 Å². The summed E-state index contributed by atoms with van der Waals surface area (Å²) < 4.78 is 30.4. The van der Waals surface area contributed by atoms with E-state index >= 15 is 0 Å². The maximum atomic E-state index is 12.7. The summed E-state index contributed by atoms with van der Waals surface area (Å²) in [5, 5.41) is 0. The van der Waals surface area contributed by atoms with E-state index in [4.69, 9.17) is 4.74 Å². The molecule has 1 saturated heterocycles. The van der Waals surface area contributed by atoms with Gasteiger partial charge < -0.3 is 9.64 Å². The molecule has 1 aromatic carbocycles. The van der Waals surface area contributed by atoms with Crippen LogP contribution in [-0.2, 0) is 19.6 Å². The summed E-state index contributed by atoms with van der Waals surface area (Å²) in [5.74, 6) is 0.326. The van der Waals surface area contributed by atoms with Gasteiger partial charge in [0.25, 0.3) is 0 Å². The van der Waals surface area contributed by atoms with Crippen molar-refractivity contribution in [1.29, 1.82) is 0 Å². The predicted molar refractivity (Wildman–Crippen MR) is 89.0 cm³/mol. The van der Waals surface area contributed by atoms with Crippen LogP contribution in [0.1, 0.15) is 25.7 Å². The van der Waals surface area contributed by atoms with E-state index in [1.54, 1.807) is 12.1 Å². The smallest absolute Gasteiger partial charge is 0.230 e. The molecule has 23 heavy (non-hydrogen) atoms. The van der Waals surface area contributed by atoms with E-state index in [1.807, 2.05) is 17.0 Å². The number of anilines is 2. The van der Waals surface area contributed by atoms with Crippen LogP contribution in [-0.4, -0.2) is 39.8 Å². The summed E-state index contributed by atoms with van der Waals surface area (Å²) in [5.41, 5.74) is 1.33.